The Balaban J connectivity index is 1.71. The Kier molecular flexibility index (Phi) is 5.49. The fourth-order valence-corrected chi connectivity index (χ4v) is 3.80. The minimum Gasteiger partial charge on any atom is -0.338 e. The smallest absolute Gasteiger partial charge is 0.257 e. The topological polar surface area (TPSA) is 64.2 Å². The molecule has 0 radical (unpaired) electrons. The number of carbonyl (C=O) groups excluding carboxylic acids is 1. The van der Waals surface area contributed by atoms with Gasteiger partial charge in [-0.15, -0.1) is 0 Å². The number of likely N-dealkylation sites (tertiary alicyclic amines) is 1. The standard InChI is InChI=1S/C24H28N4O/c1-17-8-9-20(14-18(17)2)23-22(24(29)27-12-10-21(25)11-13-27)16-28(26-23)15-19-6-4-3-5-7-19/h3-9,14,16,21H,10-13,15,25H2,1-2H3. The highest BCUT2D eigenvalue weighted by atomic mass is 16.2. The Bertz CT molecular complexity index is 1000. The molecule has 3 aromatic rings. The van der Waals surface area contributed by atoms with Gasteiger partial charge in [0.2, 0.25) is 0 Å². The van der Waals surface area contributed by atoms with Crippen molar-refractivity contribution >= 4 is 5.91 Å². The first-order chi connectivity index (χ1) is 14.0. The summed E-state index contributed by atoms with van der Waals surface area (Å²) in [5, 5.41) is 4.82. The molecule has 2 aromatic carbocycles. The largest absolute Gasteiger partial charge is 0.338 e. The van der Waals surface area contributed by atoms with Crippen LogP contribution < -0.4 is 5.73 Å². The molecule has 29 heavy (non-hydrogen) atoms. The molecule has 1 amide bonds. The van der Waals surface area contributed by atoms with Crippen molar-refractivity contribution in [1.82, 2.24) is 14.7 Å². The summed E-state index contributed by atoms with van der Waals surface area (Å²) >= 11 is 0. The summed E-state index contributed by atoms with van der Waals surface area (Å²) in [4.78, 5) is 15.3. The van der Waals surface area contributed by atoms with Crippen LogP contribution >= 0.6 is 0 Å². The van der Waals surface area contributed by atoms with Crippen LogP contribution in [0.3, 0.4) is 0 Å². The number of nitrogens with zero attached hydrogens (tertiary/aromatic N) is 3. The van der Waals surface area contributed by atoms with Gasteiger partial charge in [-0.05, 0) is 49.4 Å². The maximum Gasteiger partial charge on any atom is 0.257 e. The molecule has 1 aromatic heterocycles. The van der Waals surface area contributed by atoms with Gasteiger partial charge >= 0.3 is 0 Å². The van der Waals surface area contributed by atoms with E-state index in [4.69, 9.17) is 10.8 Å². The second kappa shape index (κ2) is 8.21. The lowest BCUT2D eigenvalue weighted by atomic mass is 10.0. The summed E-state index contributed by atoms with van der Waals surface area (Å²) in [6.45, 7) is 6.23. The third kappa shape index (κ3) is 4.25. The predicted octanol–water partition coefficient (Wildman–Crippen LogP) is 3.78. The van der Waals surface area contributed by atoms with Gasteiger partial charge < -0.3 is 10.6 Å². The van der Waals surface area contributed by atoms with E-state index in [0.717, 1.165) is 29.7 Å². The maximum absolute atomic E-state index is 13.3. The third-order valence-corrected chi connectivity index (χ3v) is 5.79. The minimum atomic E-state index is 0.0458. The molecule has 1 aliphatic rings. The third-order valence-electron chi connectivity index (χ3n) is 5.79. The summed E-state index contributed by atoms with van der Waals surface area (Å²) in [7, 11) is 0. The Morgan fingerprint density at radius 2 is 1.79 bits per heavy atom. The number of nitrogens with two attached hydrogens (primary N) is 1. The van der Waals surface area contributed by atoms with E-state index >= 15 is 0 Å². The molecule has 1 fully saturated rings. The summed E-state index contributed by atoms with van der Waals surface area (Å²) in [5.74, 6) is 0.0458. The van der Waals surface area contributed by atoms with E-state index in [-0.39, 0.29) is 11.9 Å². The molecular formula is C24H28N4O. The molecule has 0 spiro atoms. The number of hydrogen-bond donors (Lipinski definition) is 1. The number of aryl methyl sites for hydroxylation is 2. The van der Waals surface area contributed by atoms with Gasteiger partial charge in [-0.1, -0.05) is 42.5 Å². The van der Waals surface area contributed by atoms with Crippen LogP contribution in [0.15, 0.2) is 54.7 Å². The zero-order valence-electron chi connectivity index (χ0n) is 17.1. The first kappa shape index (κ1) is 19.4. The molecule has 5 heteroatoms. The van der Waals surface area contributed by atoms with Gasteiger partial charge in [0.1, 0.15) is 5.69 Å². The SMILES string of the molecule is Cc1ccc(-c2nn(Cc3ccccc3)cc2C(=O)N2CCC(N)CC2)cc1C. The molecule has 1 aliphatic heterocycles. The van der Waals surface area contributed by atoms with E-state index in [1.54, 1.807) is 0 Å². The van der Waals surface area contributed by atoms with Gasteiger partial charge in [-0.3, -0.25) is 9.48 Å². The fraction of sp³-hybridized carbons (Fsp3) is 0.333. The lowest BCUT2D eigenvalue weighted by Gasteiger charge is -2.30. The summed E-state index contributed by atoms with van der Waals surface area (Å²) in [6, 6.07) is 16.7. The van der Waals surface area contributed by atoms with E-state index in [2.05, 4.69) is 44.2 Å². The molecule has 4 rings (SSSR count). The van der Waals surface area contributed by atoms with Crippen molar-refractivity contribution in [3.63, 3.8) is 0 Å². The maximum atomic E-state index is 13.3. The Labute approximate surface area is 172 Å². The summed E-state index contributed by atoms with van der Waals surface area (Å²) in [5.41, 5.74) is 12.0. The molecule has 5 nitrogen and oxygen atoms in total. The predicted molar refractivity (Wildman–Crippen MR) is 116 cm³/mol. The van der Waals surface area contributed by atoms with Gasteiger partial charge in [0, 0.05) is 30.9 Å². The lowest BCUT2D eigenvalue weighted by molar-refractivity contribution is 0.0715. The zero-order valence-corrected chi connectivity index (χ0v) is 17.1. The van der Waals surface area contributed by atoms with Gasteiger partial charge in [0.05, 0.1) is 12.1 Å². The van der Waals surface area contributed by atoms with Crippen LogP contribution in [-0.4, -0.2) is 39.7 Å². The van der Waals surface area contributed by atoms with Gasteiger partial charge in [-0.2, -0.15) is 5.10 Å². The van der Waals surface area contributed by atoms with Crippen molar-refractivity contribution in [3.05, 3.63) is 77.0 Å². The van der Waals surface area contributed by atoms with Crippen LogP contribution in [0, 0.1) is 13.8 Å². The molecule has 0 atom stereocenters. The second-order valence-electron chi connectivity index (χ2n) is 8.00. The Hall–Kier alpha value is -2.92. The summed E-state index contributed by atoms with van der Waals surface area (Å²) < 4.78 is 1.88. The quantitative estimate of drug-likeness (QED) is 0.740. The first-order valence-corrected chi connectivity index (χ1v) is 10.2. The van der Waals surface area contributed by atoms with Crippen LogP contribution in [0.1, 0.15) is 39.9 Å². The minimum absolute atomic E-state index is 0.0458. The number of carbonyl (C=O) groups is 1. The average molecular weight is 389 g/mol. The molecule has 2 heterocycles. The number of piperidine rings is 1. The Morgan fingerprint density at radius 1 is 1.07 bits per heavy atom. The molecule has 2 N–H and O–H groups in total. The van der Waals surface area contributed by atoms with Crippen LogP contribution in [-0.2, 0) is 6.54 Å². The van der Waals surface area contributed by atoms with Crippen molar-refractivity contribution in [2.24, 2.45) is 5.73 Å². The summed E-state index contributed by atoms with van der Waals surface area (Å²) in [6.07, 6.45) is 3.60. The number of amides is 1. The highest BCUT2D eigenvalue weighted by Gasteiger charge is 2.26. The second-order valence-corrected chi connectivity index (χ2v) is 8.00. The van der Waals surface area contributed by atoms with Crippen molar-refractivity contribution in [3.8, 4) is 11.3 Å². The number of benzene rings is 2. The van der Waals surface area contributed by atoms with E-state index < -0.39 is 0 Å². The normalized spacial score (nSPS) is 14.9. The van der Waals surface area contributed by atoms with Crippen molar-refractivity contribution in [2.45, 2.75) is 39.3 Å². The molecule has 0 aliphatic carbocycles. The molecular weight excluding hydrogens is 360 g/mol. The molecule has 1 saturated heterocycles. The molecule has 0 saturated carbocycles. The molecule has 0 unspecified atom stereocenters. The van der Waals surface area contributed by atoms with Crippen molar-refractivity contribution in [1.29, 1.82) is 0 Å². The van der Waals surface area contributed by atoms with Gasteiger partial charge in [0.25, 0.3) is 5.91 Å². The average Bonchev–Trinajstić information content (AvgIpc) is 3.14. The van der Waals surface area contributed by atoms with E-state index in [1.165, 1.54) is 11.1 Å². The van der Waals surface area contributed by atoms with E-state index in [1.807, 2.05) is 34.0 Å². The highest BCUT2D eigenvalue weighted by molar-refractivity contribution is 6.00. The van der Waals surface area contributed by atoms with Crippen LogP contribution in [0.2, 0.25) is 0 Å². The Morgan fingerprint density at radius 3 is 2.48 bits per heavy atom. The highest BCUT2D eigenvalue weighted by Crippen LogP contribution is 2.27. The molecule has 0 bridgehead atoms. The monoisotopic (exact) mass is 388 g/mol. The van der Waals surface area contributed by atoms with Gasteiger partial charge in [0.15, 0.2) is 0 Å². The van der Waals surface area contributed by atoms with Crippen molar-refractivity contribution in [2.75, 3.05) is 13.1 Å². The number of rotatable bonds is 4. The van der Waals surface area contributed by atoms with E-state index in [0.29, 0.717) is 25.2 Å². The van der Waals surface area contributed by atoms with Gasteiger partial charge in [-0.25, -0.2) is 0 Å². The fourth-order valence-electron chi connectivity index (χ4n) is 3.80. The van der Waals surface area contributed by atoms with Crippen LogP contribution in [0.4, 0.5) is 0 Å². The van der Waals surface area contributed by atoms with Crippen molar-refractivity contribution < 1.29 is 4.79 Å². The van der Waals surface area contributed by atoms with E-state index in [9.17, 15) is 4.79 Å². The lowest BCUT2D eigenvalue weighted by Crippen LogP contribution is -2.42. The van der Waals surface area contributed by atoms with Crippen LogP contribution in [0.25, 0.3) is 11.3 Å². The zero-order chi connectivity index (χ0) is 20.4. The number of aromatic nitrogens is 2. The number of hydrogen-bond acceptors (Lipinski definition) is 3. The van der Waals surface area contributed by atoms with Crippen LogP contribution in [0.5, 0.6) is 0 Å². The molecule has 150 valence electrons. The first-order valence-electron chi connectivity index (χ1n) is 10.2.